The van der Waals surface area contributed by atoms with Gasteiger partial charge in [-0.25, -0.2) is 0 Å². The number of nitrogens with two attached hydrogens (primary N) is 1. The quantitative estimate of drug-likeness (QED) is 0.859. The molecule has 1 saturated carbocycles. The van der Waals surface area contributed by atoms with Crippen LogP contribution in [-0.2, 0) is 0 Å². The summed E-state index contributed by atoms with van der Waals surface area (Å²) < 4.78 is 1.85. The van der Waals surface area contributed by atoms with Gasteiger partial charge >= 0.3 is 0 Å². The molecule has 88 valence electrons. The summed E-state index contributed by atoms with van der Waals surface area (Å²) in [5, 5.41) is 2.87. The molecule has 0 aromatic carbocycles. The molecule has 1 fully saturated rings. The molecule has 0 aliphatic heterocycles. The van der Waals surface area contributed by atoms with E-state index in [2.05, 4.69) is 37.2 Å². The lowest BCUT2D eigenvalue weighted by atomic mass is 10.2. The van der Waals surface area contributed by atoms with E-state index in [9.17, 15) is 4.79 Å². The molecule has 1 aliphatic carbocycles. The van der Waals surface area contributed by atoms with Crippen LogP contribution in [0.1, 0.15) is 22.5 Å². The summed E-state index contributed by atoms with van der Waals surface area (Å²) in [7, 11) is 0. The molecule has 1 unspecified atom stereocenters. The fraction of sp³-hybridized carbons (Fsp3) is 0.500. The molecular formula is C10H12Br2N2OS. The smallest absolute Gasteiger partial charge is 0.261 e. The SMILES string of the molecule is NC(CNC(=O)c1cc(Br)c(Br)s1)C1CC1. The molecule has 0 saturated heterocycles. The molecule has 1 aromatic heterocycles. The molecule has 6 heteroatoms. The van der Waals surface area contributed by atoms with E-state index in [1.54, 1.807) is 0 Å². The molecule has 1 aromatic rings. The van der Waals surface area contributed by atoms with Crippen LogP contribution in [0.15, 0.2) is 14.3 Å². The van der Waals surface area contributed by atoms with E-state index in [4.69, 9.17) is 5.73 Å². The first-order valence-corrected chi connectivity index (χ1v) is 7.47. The largest absolute Gasteiger partial charge is 0.350 e. The normalized spacial score (nSPS) is 17.2. The molecule has 1 aliphatic rings. The van der Waals surface area contributed by atoms with E-state index in [1.165, 1.54) is 24.2 Å². The number of thiophene rings is 1. The van der Waals surface area contributed by atoms with E-state index < -0.39 is 0 Å². The Balaban J connectivity index is 1.87. The Morgan fingerprint density at radius 3 is 2.81 bits per heavy atom. The topological polar surface area (TPSA) is 55.1 Å². The summed E-state index contributed by atoms with van der Waals surface area (Å²) in [5.74, 6) is 0.564. The van der Waals surface area contributed by atoms with Crippen molar-refractivity contribution < 1.29 is 4.79 Å². The predicted octanol–water partition coefficient (Wildman–Crippen LogP) is 2.74. The lowest BCUT2D eigenvalue weighted by molar-refractivity contribution is 0.0954. The lowest BCUT2D eigenvalue weighted by Crippen LogP contribution is -2.38. The van der Waals surface area contributed by atoms with Crippen LogP contribution in [0.5, 0.6) is 0 Å². The van der Waals surface area contributed by atoms with Crippen molar-refractivity contribution in [3.63, 3.8) is 0 Å². The van der Waals surface area contributed by atoms with Crippen LogP contribution in [0.3, 0.4) is 0 Å². The summed E-state index contributed by atoms with van der Waals surface area (Å²) in [4.78, 5) is 12.5. The lowest BCUT2D eigenvalue weighted by Gasteiger charge is -2.10. The van der Waals surface area contributed by atoms with Crippen molar-refractivity contribution in [1.82, 2.24) is 5.32 Å². The fourth-order valence-electron chi connectivity index (χ4n) is 1.45. The van der Waals surface area contributed by atoms with Crippen molar-refractivity contribution in [1.29, 1.82) is 0 Å². The van der Waals surface area contributed by atoms with Gasteiger partial charge < -0.3 is 11.1 Å². The average molecular weight is 368 g/mol. The van der Waals surface area contributed by atoms with Gasteiger partial charge in [0.05, 0.1) is 8.66 Å². The number of nitrogens with one attached hydrogen (secondary N) is 1. The number of hydrogen-bond donors (Lipinski definition) is 2. The van der Waals surface area contributed by atoms with Gasteiger partial charge in [-0.15, -0.1) is 11.3 Å². The van der Waals surface area contributed by atoms with Crippen molar-refractivity contribution in [2.75, 3.05) is 6.54 Å². The van der Waals surface area contributed by atoms with E-state index in [0.29, 0.717) is 17.3 Å². The molecule has 16 heavy (non-hydrogen) atoms. The summed E-state index contributed by atoms with van der Waals surface area (Å²) in [6.45, 7) is 0.566. The summed E-state index contributed by atoms with van der Waals surface area (Å²) >= 11 is 8.14. The van der Waals surface area contributed by atoms with Gasteiger partial charge in [0, 0.05) is 17.1 Å². The Bertz CT molecular complexity index is 384. The number of carbonyl (C=O) groups is 1. The minimum Gasteiger partial charge on any atom is -0.350 e. The van der Waals surface area contributed by atoms with Gasteiger partial charge in [0.15, 0.2) is 0 Å². The van der Waals surface area contributed by atoms with Crippen molar-refractivity contribution in [3.8, 4) is 0 Å². The molecule has 1 heterocycles. The number of hydrogen-bond acceptors (Lipinski definition) is 3. The number of halogens is 2. The van der Waals surface area contributed by atoms with Crippen LogP contribution in [0.25, 0.3) is 0 Å². The van der Waals surface area contributed by atoms with Crippen LogP contribution in [0.4, 0.5) is 0 Å². The van der Waals surface area contributed by atoms with Gasteiger partial charge in [-0.05, 0) is 56.7 Å². The Morgan fingerprint density at radius 1 is 1.62 bits per heavy atom. The second-order valence-electron chi connectivity index (χ2n) is 3.94. The second kappa shape index (κ2) is 5.16. The first-order valence-electron chi connectivity index (χ1n) is 5.06. The number of carbonyl (C=O) groups excluding carboxylic acids is 1. The minimum absolute atomic E-state index is 0.0486. The third-order valence-corrected chi connectivity index (χ3v) is 5.85. The maximum absolute atomic E-state index is 11.8. The summed E-state index contributed by atoms with van der Waals surface area (Å²) in [6.07, 6.45) is 2.40. The highest BCUT2D eigenvalue weighted by atomic mass is 79.9. The van der Waals surface area contributed by atoms with Gasteiger partial charge in [-0.1, -0.05) is 0 Å². The van der Waals surface area contributed by atoms with Crippen molar-refractivity contribution in [3.05, 3.63) is 19.2 Å². The molecular weight excluding hydrogens is 356 g/mol. The maximum atomic E-state index is 11.8. The van der Waals surface area contributed by atoms with Crippen LogP contribution < -0.4 is 11.1 Å². The highest BCUT2D eigenvalue weighted by Gasteiger charge is 2.28. The van der Waals surface area contributed by atoms with E-state index in [0.717, 1.165) is 8.26 Å². The van der Waals surface area contributed by atoms with Gasteiger partial charge in [0.1, 0.15) is 0 Å². The van der Waals surface area contributed by atoms with Crippen LogP contribution in [0.2, 0.25) is 0 Å². The van der Waals surface area contributed by atoms with Gasteiger partial charge in [0.25, 0.3) is 5.91 Å². The summed E-state index contributed by atoms with van der Waals surface area (Å²) in [5.41, 5.74) is 5.91. The number of rotatable bonds is 4. The average Bonchev–Trinajstić information content (AvgIpc) is 3.03. The van der Waals surface area contributed by atoms with Crippen molar-refractivity contribution >= 4 is 49.1 Å². The third-order valence-electron chi connectivity index (χ3n) is 2.59. The third kappa shape index (κ3) is 3.06. The van der Waals surface area contributed by atoms with Crippen molar-refractivity contribution in [2.45, 2.75) is 18.9 Å². The Hall–Kier alpha value is 0.0900. The first-order chi connectivity index (χ1) is 7.58. The zero-order valence-corrected chi connectivity index (χ0v) is 12.5. The molecule has 0 spiro atoms. The van der Waals surface area contributed by atoms with Crippen molar-refractivity contribution in [2.24, 2.45) is 11.7 Å². The van der Waals surface area contributed by atoms with Gasteiger partial charge in [0.2, 0.25) is 0 Å². The summed E-state index contributed by atoms with van der Waals surface area (Å²) in [6, 6.07) is 1.92. The molecule has 0 bridgehead atoms. The molecule has 3 N–H and O–H groups in total. The molecule has 3 nitrogen and oxygen atoms in total. The van der Waals surface area contributed by atoms with Crippen LogP contribution >= 0.6 is 43.2 Å². The number of amides is 1. The molecule has 1 atom stereocenters. The highest BCUT2D eigenvalue weighted by Crippen LogP contribution is 2.33. The highest BCUT2D eigenvalue weighted by molar-refractivity contribution is 9.13. The van der Waals surface area contributed by atoms with E-state index in [-0.39, 0.29) is 11.9 Å². The van der Waals surface area contributed by atoms with E-state index in [1.807, 2.05) is 6.07 Å². The maximum Gasteiger partial charge on any atom is 0.261 e. The first kappa shape index (κ1) is 12.5. The Kier molecular flexibility index (Phi) is 4.05. The Morgan fingerprint density at radius 2 is 2.31 bits per heavy atom. The predicted molar refractivity (Wildman–Crippen MR) is 72.8 cm³/mol. The molecule has 0 radical (unpaired) electrons. The van der Waals surface area contributed by atoms with Gasteiger partial charge in [-0.3, -0.25) is 4.79 Å². The minimum atomic E-state index is -0.0486. The fourth-order valence-corrected chi connectivity index (χ4v) is 3.40. The Labute approximate surface area is 115 Å². The van der Waals surface area contributed by atoms with Gasteiger partial charge in [-0.2, -0.15) is 0 Å². The van der Waals surface area contributed by atoms with Crippen LogP contribution in [0, 0.1) is 5.92 Å². The second-order valence-corrected chi connectivity index (χ2v) is 7.17. The zero-order chi connectivity index (χ0) is 11.7. The molecule has 2 rings (SSSR count). The van der Waals surface area contributed by atoms with Crippen LogP contribution in [-0.4, -0.2) is 18.5 Å². The van der Waals surface area contributed by atoms with E-state index >= 15 is 0 Å². The molecule has 1 amide bonds. The standard InChI is InChI=1S/C10H12Br2N2OS/c11-6-3-8(16-9(6)12)10(15)14-4-7(13)5-1-2-5/h3,5,7H,1-2,4,13H2,(H,14,15). The monoisotopic (exact) mass is 366 g/mol. The zero-order valence-electron chi connectivity index (χ0n) is 8.50.